The average Bonchev–Trinajstić information content (AvgIpc) is 3.22. The number of hydrogen-bond acceptors (Lipinski definition) is 4. The van der Waals surface area contributed by atoms with E-state index in [2.05, 4.69) is 10.4 Å². The summed E-state index contributed by atoms with van der Waals surface area (Å²) < 4.78 is 1.63. The molecule has 2 aliphatic heterocycles. The molecule has 2 saturated heterocycles. The third kappa shape index (κ3) is 1.84. The molecule has 4 heterocycles. The molecule has 8 heteroatoms. The number of amides is 4. The van der Waals surface area contributed by atoms with Crippen molar-refractivity contribution in [2.45, 2.75) is 12.0 Å². The molecule has 0 radical (unpaired) electrons. The Labute approximate surface area is 131 Å². The molecular formula is C15H15N5O3. The number of likely N-dealkylation sites (N-methyl/N-ethyl adjacent to an activating group) is 1. The Morgan fingerprint density at radius 3 is 2.91 bits per heavy atom. The lowest BCUT2D eigenvalue weighted by Gasteiger charge is -2.21. The summed E-state index contributed by atoms with van der Waals surface area (Å²) in [5, 5.41) is 6.88. The summed E-state index contributed by atoms with van der Waals surface area (Å²) in [7, 11) is 1.45. The second-order valence-electron chi connectivity index (χ2n) is 5.94. The van der Waals surface area contributed by atoms with Crippen LogP contribution < -0.4 is 5.32 Å². The number of imide groups is 1. The van der Waals surface area contributed by atoms with Crippen molar-refractivity contribution >= 4 is 23.4 Å². The van der Waals surface area contributed by atoms with E-state index >= 15 is 0 Å². The number of rotatable bonds is 1. The maximum Gasteiger partial charge on any atom is 0.324 e. The quantitative estimate of drug-likeness (QED) is 0.757. The Morgan fingerprint density at radius 2 is 2.17 bits per heavy atom. The fraction of sp³-hybridized carbons (Fsp3) is 0.333. The van der Waals surface area contributed by atoms with Gasteiger partial charge in [-0.05, 0) is 18.6 Å². The molecule has 0 aliphatic carbocycles. The summed E-state index contributed by atoms with van der Waals surface area (Å²) in [6.45, 7) is 0.605. The van der Waals surface area contributed by atoms with Crippen molar-refractivity contribution in [3.8, 4) is 0 Å². The summed E-state index contributed by atoms with van der Waals surface area (Å²) in [5.74, 6) is -0.461. The maximum absolute atomic E-state index is 12.8. The molecule has 2 aromatic rings. The van der Waals surface area contributed by atoms with Gasteiger partial charge in [0, 0.05) is 19.8 Å². The topological polar surface area (TPSA) is 87.0 Å². The summed E-state index contributed by atoms with van der Waals surface area (Å²) in [6.07, 6.45) is 3.73. The van der Waals surface area contributed by atoms with Gasteiger partial charge in [-0.3, -0.25) is 14.5 Å². The fourth-order valence-corrected chi connectivity index (χ4v) is 3.28. The first-order valence-corrected chi connectivity index (χ1v) is 7.34. The lowest BCUT2D eigenvalue weighted by atomic mass is 9.99. The minimum absolute atomic E-state index is 0.181. The fourth-order valence-electron chi connectivity index (χ4n) is 3.28. The lowest BCUT2D eigenvalue weighted by Crippen LogP contribution is -2.49. The highest BCUT2D eigenvalue weighted by atomic mass is 16.2. The van der Waals surface area contributed by atoms with Gasteiger partial charge in [0.05, 0.1) is 23.8 Å². The normalized spacial score (nSPS) is 24.0. The Morgan fingerprint density at radius 1 is 1.35 bits per heavy atom. The third-order valence-electron chi connectivity index (χ3n) is 4.58. The Hall–Kier alpha value is -2.90. The van der Waals surface area contributed by atoms with Gasteiger partial charge in [0.15, 0.2) is 0 Å². The van der Waals surface area contributed by atoms with Crippen LogP contribution in [-0.4, -0.2) is 62.9 Å². The number of carbonyl (C=O) groups is 3. The minimum Gasteiger partial charge on any atom is -0.336 e. The zero-order valence-corrected chi connectivity index (χ0v) is 12.5. The second-order valence-corrected chi connectivity index (χ2v) is 5.94. The van der Waals surface area contributed by atoms with Crippen LogP contribution in [-0.2, 0) is 4.79 Å². The molecule has 0 aromatic carbocycles. The highest BCUT2D eigenvalue weighted by molar-refractivity contribution is 6.08. The number of urea groups is 1. The number of likely N-dealkylation sites (tertiary alicyclic amines) is 1. The van der Waals surface area contributed by atoms with Crippen molar-refractivity contribution in [1.82, 2.24) is 24.7 Å². The molecular weight excluding hydrogens is 298 g/mol. The van der Waals surface area contributed by atoms with Gasteiger partial charge in [-0.25, -0.2) is 9.31 Å². The number of carbonyl (C=O) groups excluding carboxylic acids is 3. The molecule has 23 heavy (non-hydrogen) atoms. The predicted molar refractivity (Wildman–Crippen MR) is 79.7 cm³/mol. The van der Waals surface area contributed by atoms with Gasteiger partial charge in [0.2, 0.25) is 0 Å². The third-order valence-corrected chi connectivity index (χ3v) is 4.58. The molecule has 2 aromatic heterocycles. The predicted octanol–water partition coefficient (Wildman–Crippen LogP) is 0.101. The molecule has 118 valence electrons. The van der Waals surface area contributed by atoms with Crippen LogP contribution in [0.5, 0.6) is 0 Å². The molecule has 0 unspecified atom stereocenters. The first-order chi connectivity index (χ1) is 11.0. The van der Waals surface area contributed by atoms with Crippen molar-refractivity contribution in [3.05, 3.63) is 36.2 Å². The average molecular weight is 313 g/mol. The Balaban J connectivity index is 1.62. The van der Waals surface area contributed by atoms with Crippen LogP contribution in [0.25, 0.3) is 5.52 Å². The molecule has 0 bridgehead atoms. The van der Waals surface area contributed by atoms with Gasteiger partial charge in [0.25, 0.3) is 11.8 Å². The molecule has 8 nitrogen and oxygen atoms in total. The van der Waals surface area contributed by atoms with Crippen LogP contribution in [0, 0.1) is 0 Å². The van der Waals surface area contributed by atoms with Crippen molar-refractivity contribution in [1.29, 1.82) is 0 Å². The number of aromatic nitrogens is 2. The van der Waals surface area contributed by atoms with Crippen molar-refractivity contribution in [2.75, 3.05) is 20.1 Å². The standard InChI is InChI=1S/C15H15N5O3/c1-18-13(22)15(17-14(18)23)5-7-19(9-15)12(21)10-8-16-20-6-3-2-4-11(10)20/h2-4,6,8H,5,7,9H2,1H3,(H,17,23)/t15-/m0/s1. The summed E-state index contributed by atoms with van der Waals surface area (Å²) in [4.78, 5) is 39.4. The highest BCUT2D eigenvalue weighted by Gasteiger charge is 2.54. The monoisotopic (exact) mass is 313 g/mol. The van der Waals surface area contributed by atoms with Gasteiger partial charge in [-0.2, -0.15) is 5.10 Å². The SMILES string of the molecule is CN1C(=O)N[C@]2(CCN(C(=O)c3cnn4ccccc34)C2)C1=O. The first kappa shape index (κ1) is 13.7. The number of fused-ring (bicyclic) bond motifs is 1. The maximum atomic E-state index is 12.8. The number of pyridine rings is 1. The highest BCUT2D eigenvalue weighted by Crippen LogP contribution is 2.29. The van der Waals surface area contributed by atoms with Crippen molar-refractivity contribution < 1.29 is 14.4 Å². The zero-order valence-electron chi connectivity index (χ0n) is 12.5. The van der Waals surface area contributed by atoms with Crippen LogP contribution in [0.3, 0.4) is 0 Å². The molecule has 2 fully saturated rings. The molecule has 1 N–H and O–H groups in total. The largest absolute Gasteiger partial charge is 0.336 e. The van der Waals surface area contributed by atoms with E-state index in [0.717, 1.165) is 10.4 Å². The van der Waals surface area contributed by atoms with E-state index in [1.54, 1.807) is 15.6 Å². The van der Waals surface area contributed by atoms with Crippen LogP contribution in [0.1, 0.15) is 16.8 Å². The molecule has 1 spiro atoms. The Kier molecular flexibility index (Phi) is 2.72. The van der Waals surface area contributed by atoms with Gasteiger partial charge >= 0.3 is 6.03 Å². The van der Waals surface area contributed by atoms with E-state index in [1.807, 2.05) is 18.2 Å². The van der Waals surface area contributed by atoms with Gasteiger partial charge < -0.3 is 10.2 Å². The summed E-state index contributed by atoms with van der Waals surface area (Å²) in [6, 6.07) is 5.08. The van der Waals surface area contributed by atoms with Crippen LogP contribution in [0.2, 0.25) is 0 Å². The number of nitrogens with one attached hydrogen (secondary N) is 1. The molecule has 1 atom stereocenters. The van der Waals surface area contributed by atoms with Gasteiger partial charge in [-0.15, -0.1) is 0 Å². The Bertz CT molecular complexity index is 845. The van der Waals surface area contributed by atoms with Crippen LogP contribution in [0.15, 0.2) is 30.6 Å². The van der Waals surface area contributed by atoms with Gasteiger partial charge in [0.1, 0.15) is 5.54 Å². The van der Waals surface area contributed by atoms with Crippen LogP contribution in [0.4, 0.5) is 4.79 Å². The summed E-state index contributed by atoms with van der Waals surface area (Å²) in [5.41, 5.74) is 0.231. The van der Waals surface area contributed by atoms with E-state index in [9.17, 15) is 14.4 Å². The second kappa shape index (κ2) is 4.55. The van der Waals surface area contributed by atoms with E-state index < -0.39 is 11.6 Å². The van der Waals surface area contributed by atoms with Crippen LogP contribution >= 0.6 is 0 Å². The smallest absolute Gasteiger partial charge is 0.324 e. The van der Waals surface area contributed by atoms with E-state index in [1.165, 1.54) is 13.2 Å². The molecule has 0 saturated carbocycles. The lowest BCUT2D eigenvalue weighted by molar-refractivity contribution is -0.129. The number of hydrogen-bond donors (Lipinski definition) is 1. The molecule has 4 amide bonds. The first-order valence-electron chi connectivity index (χ1n) is 7.34. The van der Waals surface area contributed by atoms with E-state index in [-0.39, 0.29) is 18.4 Å². The van der Waals surface area contributed by atoms with E-state index in [4.69, 9.17) is 0 Å². The van der Waals surface area contributed by atoms with E-state index in [0.29, 0.717) is 18.5 Å². The zero-order chi connectivity index (χ0) is 16.2. The van der Waals surface area contributed by atoms with Crippen molar-refractivity contribution in [2.24, 2.45) is 0 Å². The molecule has 4 rings (SSSR count). The minimum atomic E-state index is -0.982. The van der Waals surface area contributed by atoms with Gasteiger partial charge in [-0.1, -0.05) is 6.07 Å². The summed E-state index contributed by atoms with van der Waals surface area (Å²) >= 11 is 0. The van der Waals surface area contributed by atoms with Crippen molar-refractivity contribution in [3.63, 3.8) is 0 Å². The number of nitrogens with zero attached hydrogens (tertiary/aromatic N) is 4. The molecule has 2 aliphatic rings.